The maximum atomic E-state index is 0. The van der Waals surface area contributed by atoms with Gasteiger partial charge in [0.05, 0.1) is 0 Å². The summed E-state index contributed by atoms with van der Waals surface area (Å²) in [5, 5.41) is 0. The van der Waals surface area contributed by atoms with Gasteiger partial charge >= 0.3 is 103 Å². The monoisotopic (exact) mass is 118 g/mol. The second kappa shape index (κ2) is 16.4. The third-order valence-electron chi connectivity index (χ3n) is 0. The minimum absolute atomic E-state index is 0. The third kappa shape index (κ3) is 8.94. The molecule has 0 atom stereocenters. The Hall–Kier alpha value is 3.16. The molecule has 0 heterocycles. The predicted octanol–water partition coefficient (Wildman–Crippen LogP) is -6.44. The van der Waals surface area contributed by atoms with Gasteiger partial charge in [-0.05, 0) is 0 Å². The van der Waals surface area contributed by atoms with E-state index < -0.39 is 0 Å². The van der Waals surface area contributed by atoms with Gasteiger partial charge in [0.2, 0.25) is 0 Å². The number of hydrogen-bond acceptors (Lipinski definition) is 0. The Labute approximate surface area is 112 Å². The molecule has 0 bridgehead atoms. The molecule has 0 aromatic rings. The maximum Gasteiger partial charge on any atom is 1.00 e. The first-order valence-corrected chi connectivity index (χ1v) is 0. The number of halogens is 1. The number of rotatable bonds is 0. The van der Waals surface area contributed by atoms with Gasteiger partial charge in [-0.15, -0.1) is 0 Å². The molecule has 0 amide bonds. The van der Waals surface area contributed by atoms with E-state index in [0.717, 1.165) is 0 Å². The Morgan fingerprint density at radius 2 is 1.00 bits per heavy atom. The molecule has 0 radical (unpaired) electrons. The first kappa shape index (κ1) is 27.2. The van der Waals surface area contributed by atoms with Crippen molar-refractivity contribution in [3.8, 4) is 0 Å². The molecular weight excluding hydrogens is 113 g/mol. The quantitative estimate of drug-likeness (QED) is 0.283. The Bertz CT molecular complexity index is 11.5. The number of hydrogen-bond donors (Lipinski definition) is 0. The van der Waals surface area contributed by atoms with Crippen LogP contribution in [-0.4, -0.2) is 5.48 Å². The van der Waals surface area contributed by atoms with Crippen molar-refractivity contribution in [2.75, 3.05) is 0 Å². The largest absolute Gasteiger partial charge is 1.00 e. The summed E-state index contributed by atoms with van der Waals surface area (Å²) in [6.07, 6.45) is 0. The van der Waals surface area contributed by atoms with Crippen LogP contribution in [0.4, 0.5) is 4.70 Å². The first-order chi connectivity index (χ1) is 0. The zero-order valence-corrected chi connectivity index (χ0v) is 9.15. The topological polar surface area (TPSA) is 31.5 Å². The Balaban J connectivity index is 0. The molecule has 20 valence electrons. The normalized spacial score (nSPS) is 0. The van der Waals surface area contributed by atoms with Gasteiger partial charge in [0.15, 0.2) is 0 Å². The second-order valence-electron chi connectivity index (χ2n) is 0. The summed E-state index contributed by atoms with van der Waals surface area (Å²) in [5.41, 5.74) is 0. The Kier molecular flexibility index (Phi) is 112. The van der Waals surface area contributed by atoms with Gasteiger partial charge in [-0.25, -0.2) is 0 Å². The van der Waals surface area contributed by atoms with E-state index in [0.29, 0.717) is 0 Å². The summed E-state index contributed by atoms with van der Waals surface area (Å²) in [6, 6.07) is 0. The van der Waals surface area contributed by atoms with Crippen LogP contribution in [0.25, 0.3) is 0 Å². The molecule has 0 aliphatic carbocycles. The van der Waals surface area contributed by atoms with E-state index in [1.807, 2.05) is 0 Å². The fraction of sp³-hybridized carbons (Fsp3) is 0. The van der Waals surface area contributed by atoms with Crippen LogP contribution in [0.5, 0.6) is 0 Å². The fourth-order valence-corrected chi connectivity index (χ4v) is 0. The average Bonchev–Trinajstić information content (AvgIpc) is 0. The molecule has 0 aliphatic heterocycles. The van der Waals surface area contributed by atoms with Gasteiger partial charge in [-0.2, -0.15) is 0 Å². The SMILES string of the molecule is F.O.[H-].[H-].[K+].[K+]. The van der Waals surface area contributed by atoms with Crippen molar-refractivity contribution in [3.63, 3.8) is 0 Å². The van der Waals surface area contributed by atoms with Gasteiger partial charge in [0.1, 0.15) is 0 Å². The molecule has 0 aromatic carbocycles. The fourth-order valence-electron chi connectivity index (χ4n) is 0. The van der Waals surface area contributed by atoms with Crippen molar-refractivity contribution in [3.05, 3.63) is 0 Å². The van der Waals surface area contributed by atoms with Crippen LogP contribution < -0.4 is 103 Å². The maximum absolute atomic E-state index is 0. The summed E-state index contributed by atoms with van der Waals surface area (Å²) < 4.78 is 0. The van der Waals surface area contributed by atoms with E-state index in [-0.39, 0.29) is 116 Å². The summed E-state index contributed by atoms with van der Waals surface area (Å²) >= 11 is 0. The van der Waals surface area contributed by atoms with Crippen LogP contribution >= 0.6 is 0 Å². The molecule has 0 rings (SSSR count). The smallest absolute Gasteiger partial charge is 1.00 e. The minimum atomic E-state index is 0. The van der Waals surface area contributed by atoms with Crippen molar-refractivity contribution in [1.29, 1.82) is 0 Å². The molecule has 0 unspecified atom stereocenters. The van der Waals surface area contributed by atoms with E-state index in [1.54, 1.807) is 0 Å². The summed E-state index contributed by atoms with van der Waals surface area (Å²) in [5.74, 6) is 0. The zero-order valence-electron chi connectivity index (χ0n) is 4.91. The van der Waals surface area contributed by atoms with Crippen LogP contribution in [0, 0.1) is 0 Å². The molecule has 0 fully saturated rings. The second-order valence-corrected chi connectivity index (χ2v) is 0. The van der Waals surface area contributed by atoms with Gasteiger partial charge in [0.25, 0.3) is 0 Å². The van der Waals surface area contributed by atoms with Crippen LogP contribution in [0.15, 0.2) is 0 Å². The molecule has 1 nitrogen and oxygen atoms in total. The van der Waals surface area contributed by atoms with E-state index >= 15 is 0 Å². The summed E-state index contributed by atoms with van der Waals surface area (Å²) in [4.78, 5) is 0. The molecule has 0 spiro atoms. The van der Waals surface area contributed by atoms with Crippen LogP contribution in [0.2, 0.25) is 0 Å². The molecule has 4 heteroatoms. The molecule has 0 aromatic heterocycles. The van der Waals surface area contributed by atoms with Gasteiger partial charge in [0, 0.05) is 0 Å². The molecule has 4 heavy (non-hydrogen) atoms. The van der Waals surface area contributed by atoms with E-state index in [4.69, 9.17) is 0 Å². The van der Waals surface area contributed by atoms with Crippen LogP contribution in [0.3, 0.4) is 0 Å². The Morgan fingerprint density at radius 1 is 1.00 bits per heavy atom. The molecule has 0 saturated carbocycles. The standard InChI is InChI=1S/FH.2K.H2O.2H/h1H;;;1H2;;/q;2*+1;;2*-1. The van der Waals surface area contributed by atoms with Gasteiger partial charge in [-0.3, -0.25) is 4.70 Å². The average molecular weight is 118 g/mol. The van der Waals surface area contributed by atoms with Gasteiger partial charge < -0.3 is 8.33 Å². The van der Waals surface area contributed by atoms with Gasteiger partial charge in [-0.1, -0.05) is 0 Å². The van der Waals surface area contributed by atoms with E-state index in [1.165, 1.54) is 0 Å². The molecule has 2 N–H and O–H groups in total. The third-order valence-corrected chi connectivity index (χ3v) is 0. The van der Waals surface area contributed by atoms with Crippen molar-refractivity contribution in [2.45, 2.75) is 0 Å². The van der Waals surface area contributed by atoms with E-state index in [9.17, 15) is 0 Å². The minimum Gasteiger partial charge on any atom is -1.00 e. The molecular formula is H5FK2O. The van der Waals surface area contributed by atoms with Crippen molar-refractivity contribution in [1.82, 2.24) is 0 Å². The van der Waals surface area contributed by atoms with E-state index in [2.05, 4.69) is 0 Å². The first-order valence-electron chi connectivity index (χ1n) is 0. The van der Waals surface area contributed by atoms with Crippen molar-refractivity contribution < 1.29 is 116 Å². The predicted molar refractivity (Wildman–Crippen MR) is 8.34 cm³/mol. The van der Waals surface area contributed by atoms with Crippen molar-refractivity contribution >= 4 is 0 Å². The summed E-state index contributed by atoms with van der Waals surface area (Å²) in [7, 11) is 0. The van der Waals surface area contributed by atoms with Crippen LogP contribution in [0.1, 0.15) is 2.85 Å². The zero-order chi connectivity index (χ0) is 0. The Morgan fingerprint density at radius 3 is 1.00 bits per heavy atom. The van der Waals surface area contributed by atoms with Crippen LogP contribution in [-0.2, 0) is 0 Å². The summed E-state index contributed by atoms with van der Waals surface area (Å²) in [6.45, 7) is 0. The molecule has 0 saturated heterocycles. The van der Waals surface area contributed by atoms with Crippen molar-refractivity contribution in [2.24, 2.45) is 0 Å². The molecule has 0 aliphatic rings.